The Hall–Kier alpha value is -3.95. The Balaban J connectivity index is 1.55. The molecule has 9 nitrogen and oxygen atoms in total. The summed E-state index contributed by atoms with van der Waals surface area (Å²) in [6, 6.07) is 6.82. The first-order valence-corrected chi connectivity index (χ1v) is 9.24. The van der Waals surface area contributed by atoms with Gasteiger partial charge in [-0.15, -0.1) is 0 Å². The number of fused-ring (bicyclic) bond motifs is 2. The fraction of sp³-hybridized carbons (Fsp3) is 0.200. The van der Waals surface area contributed by atoms with Crippen LogP contribution in [0.5, 0.6) is 5.75 Å². The zero-order valence-electron chi connectivity index (χ0n) is 16.9. The lowest BCUT2D eigenvalue weighted by Gasteiger charge is -2.08. The van der Waals surface area contributed by atoms with Gasteiger partial charge in [-0.1, -0.05) is 0 Å². The molecule has 0 spiro atoms. The highest BCUT2D eigenvalue weighted by Crippen LogP contribution is 2.30. The van der Waals surface area contributed by atoms with Crippen molar-refractivity contribution in [3.05, 3.63) is 42.5 Å². The molecule has 0 unspecified atom stereocenters. The molecule has 0 saturated carbocycles. The number of hydrogen-bond donors (Lipinski definition) is 1. The maximum Gasteiger partial charge on any atom is 0.163 e. The van der Waals surface area contributed by atoms with E-state index in [-0.39, 0.29) is 5.69 Å². The Bertz CT molecular complexity index is 1410. The Morgan fingerprint density at radius 3 is 2.67 bits per heavy atom. The van der Waals surface area contributed by atoms with E-state index in [4.69, 9.17) is 4.74 Å². The van der Waals surface area contributed by atoms with Crippen LogP contribution in [-0.4, -0.2) is 41.2 Å². The standard InChI is InChI=1S/C20H19FN8O/c1-27-6-5-11-7-13(21)18(25-19(11)27)14-8-17(28(2)26-14)23-16-9-15(30-4)12-10-22-29(3)20(12)24-16/h5-10H,1-4H3,(H,23,24). The fourth-order valence-corrected chi connectivity index (χ4v) is 3.49. The topological polar surface area (TPSA) is 87.6 Å². The van der Waals surface area contributed by atoms with Crippen molar-refractivity contribution in [3.8, 4) is 17.1 Å². The molecule has 0 bridgehead atoms. The van der Waals surface area contributed by atoms with E-state index >= 15 is 0 Å². The van der Waals surface area contributed by atoms with E-state index in [9.17, 15) is 4.39 Å². The molecule has 0 saturated heterocycles. The highest BCUT2D eigenvalue weighted by atomic mass is 19.1. The van der Waals surface area contributed by atoms with Crippen molar-refractivity contribution in [2.24, 2.45) is 21.1 Å². The summed E-state index contributed by atoms with van der Waals surface area (Å²) in [5.41, 5.74) is 2.00. The van der Waals surface area contributed by atoms with Crippen LogP contribution >= 0.6 is 0 Å². The summed E-state index contributed by atoms with van der Waals surface area (Å²) < 4.78 is 25.3. The van der Waals surface area contributed by atoms with Gasteiger partial charge in [-0.25, -0.2) is 14.4 Å². The number of methoxy groups -OCH3 is 1. The normalized spacial score (nSPS) is 11.5. The molecular weight excluding hydrogens is 387 g/mol. The third kappa shape index (κ3) is 2.76. The first-order valence-electron chi connectivity index (χ1n) is 9.24. The van der Waals surface area contributed by atoms with Crippen molar-refractivity contribution in [2.75, 3.05) is 12.4 Å². The maximum absolute atomic E-state index is 14.7. The molecule has 5 aromatic rings. The zero-order valence-corrected chi connectivity index (χ0v) is 16.9. The van der Waals surface area contributed by atoms with Gasteiger partial charge in [-0.3, -0.25) is 9.36 Å². The van der Waals surface area contributed by atoms with Gasteiger partial charge in [-0.2, -0.15) is 10.2 Å². The number of nitrogens with one attached hydrogen (secondary N) is 1. The molecule has 0 aliphatic carbocycles. The fourth-order valence-electron chi connectivity index (χ4n) is 3.49. The molecule has 10 heteroatoms. The van der Waals surface area contributed by atoms with Gasteiger partial charge in [0.05, 0.1) is 18.7 Å². The molecule has 0 fully saturated rings. The highest BCUT2D eigenvalue weighted by molar-refractivity contribution is 5.85. The van der Waals surface area contributed by atoms with Gasteiger partial charge in [0, 0.05) is 44.9 Å². The van der Waals surface area contributed by atoms with Gasteiger partial charge >= 0.3 is 0 Å². The van der Waals surface area contributed by atoms with Crippen LogP contribution in [-0.2, 0) is 21.1 Å². The summed E-state index contributed by atoms with van der Waals surface area (Å²) in [6.45, 7) is 0. The van der Waals surface area contributed by atoms with Crippen molar-refractivity contribution < 1.29 is 9.13 Å². The minimum absolute atomic E-state index is 0.195. The number of aryl methyl sites for hydroxylation is 3. The molecule has 0 aromatic carbocycles. The summed E-state index contributed by atoms with van der Waals surface area (Å²) >= 11 is 0. The summed E-state index contributed by atoms with van der Waals surface area (Å²) in [4.78, 5) is 9.08. The molecule has 1 N–H and O–H groups in total. The van der Waals surface area contributed by atoms with Crippen molar-refractivity contribution in [2.45, 2.75) is 0 Å². The molecule has 5 rings (SSSR count). The molecule has 5 aromatic heterocycles. The van der Waals surface area contributed by atoms with Crippen LogP contribution in [0.3, 0.4) is 0 Å². The number of halogens is 1. The lowest BCUT2D eigenvalue weighted by Crippen LogP contribution is -2.02. The number of aromatic nitrogens is 7. The minimum atomic E-state index is -0.422. The largest absolute Gasteiger partial charge is 0.496 e. The quantitative estimate of drug-likeness (QED) is 0.493. The number of ether oxygens (including phenoxy) is 1. The van der Waals surface area contributed by atoms with Crippen LogP contribution in [0.25, 0.3) is 33.5 Å². The van der Waals surface area contributed by atoms with Crippen molar-refractivity contribution in [1.82, 2.24) is 34.1 Å². The molecule has 5 heterocycles. The highest BCUT2D eigenvalue weighted by Gasteiger charge is 2.17. The first kappa shape index (κ1) is 18.1. The first-order chi connectivity index (χ1) is 14.4. The second-order valence-corrected chi connectivity index (χ2v) is 7.04. The van der Waals surface area contributed by atoms with E-state index in [1.807, 2.05) is 30.9 Å². The SMILES string of the molecule is COc1cc(Nc2cc(-c3nc4c(ccn4C)cc3F)nn2C)nc2c1cnn2C. The Morgan fingerprint density at radius 2 is 1.87 bits per heavy atom. The number of anilines is 2. The zero-order chi connectivity index (χ0) is 21.0. The molecular formula is C20H19FN8O. The Kier molecular flexibility index (Phi) is 3.95. The van der Waals surface area contributed by atoms with E-state index in [1.54, 1.807) is 41.9 Å². The Morgan fingerprint density at radius 1 is 1.03 bits per heavy atom. The van der Waals surface area contributed by atoms with Crippen LogP contribution in [0.4, 0.5) is 16.0 Å². The predicted octanol–water partition coefficient (Wildman–Crippen LogP) is 3.15. The van der Waals surface area contributed by atoms with Gasteiger partial charge < -0.3 is 14.6 Å². The van der Waals surface area contributed by atoms with Gasteiger partial charge in [0.1, 0.15) is 34.4 Å². The summed E-state index contributed by atoms with van der Waals surface area (Å²) in [7, 11) is 7.05. The molecule has 0 radical (unpaired) electrons. The van der Waals surface area contributed by atoms with Crippen LogP contribution in [0.1, 0.15) is 0 Å². The van der Waals surface area contributed by atoms with Gasteiger partial charge in [0.25, 0.3) is 0 Å². The van der Waals surface area contributed by atoms with E-state index in [1.165, 1.54) is 6.07 Å². The molecule has 0 aliphatic heterocycles. The summed E-state index contributed by atoms with van der Waals surface area (Å²) in [5.74, 6) is 1.42. The van der Waals surface area contributed by atoms with Crippen LogP contribution in [0, 0.1) is 5.82 Å². The predicted molar refractivity (Wildman–Crippen MR) is 111 cm³/mol. The second-order valence-electron chi connectivity index (χ2n) is 7.04. The number of rotatable bonds is 4. The lowest BCUT2D eigenvalue weighted by molar-refractivity contribution is 0.419. The van der Waals surface area contributed by atoms with Crippen LogP contribution in [0.2, 0.25) is 0 Å². The summed E-state index contributed by atoms with van der Waals surface area (Å²) in [5, 5.41) is 13.4. The maximum atomic E-state index is 14.7. The third-order valence-electron chi connectivity index (χ3n) is 5.06. The second kappa shape index (κ2) is 6.55. The van der Waals surface area contributed by atoms with Crippen molar-refractivity contribution in [3.63, 3.8) is 0 Å². The Labute approximate surface area is 170 Å². The number of pyridine rings is 2. The van der Waals surface area contributed by atoms with Crippen LogP contribution in [0.15, 0.2) is 36.7 Å². The van der Waals surface area contributed by atoms with Crippen LogP contribution < -0.4 is 10.1 Å². The average Bonchev–Trinajstić information content (AvgIpc) is 3.39. The van der Waals surface area contributed by atoms with Gasteiger partial charge in [0.15, 0.2) is 11.5 Å². The van der Waals surface area contributed by atoms with E-state index < -0.39 is 5.82 Å². The number of nitrogens with zero attached hydrogens (tertiary/aromatic N) is 7. The molecule has 0 aliphatic rings. The number of hydrogen-bond acceptors (Lipinski definition) is 6. The average molecular weight is 406 g/mol. The molecule has 0 atom stereocenters. The molecule has 0 amide bonds. The van der Waals surface area contributed by atoms with Crippen molar-refractivity contribution >= 4 is 33.7 Å². The molecule has 30 heavy (non-hydrogen) atoms. The van der Waals surface area contributed by atoms with E-state index in [0.29, 0.717) is 34.4 Å². The monoisotopic (exact) mass is 406 g/mol. The molecule has 152 valence electrons. The van der Waals surface area contributed by atoms with Gasteiger partial charge in [-0.05, 0) is 12.1 Å². The lowest BCUT2D eigenvalue weighted by atomic mass is 10.2. The third-order valence-corrected chi connectivity index (χ3v) is 5.06. The van der Waals surface area contributed by atoms with E-state index in [0.717, 1.165) is 10.8 Å². The van der Waals surface area contributed by atoms with E-state index in [2.05, 4.69) is 25.5 Å². The smallest absolute Gasteiger partial charge is 0.163 e. The summed E-state index contributed by atoms with van der Waals surface area (Å²) in [6.07, 6.45) is 3.56. The van der Waals surface area contributed by atoms with Crippen molar-refractivity contribution in [1.29, 1.82) is 0 Å². The minimum Gasteiger partial charge on any atom is -0.496 e. The van der Waals surface area contributed by atoms with Gasteiger partial charge in [0.2, 0.25) is 0 Å².